The summed E-state index contributed by atoms with van der Waals surface area (Å²) in [6.45, 7) is 3.46. The maximum atomic E-state index is 8.97. The Morgan fingerprint density at radius 2 is 1.82 bits per heavy atom. The molecule has 10 heteroatoms. The molecule has 6 rings (SSSR count). The van der Waals surface area contributed by atoms with Crippen molar-refractivity contribution in [2.75, 3.05) is 36.0 Å². The van der Waals surface area contributed by atoms with Crippen LogP contribution < -0.4 is 9.80 Å². The van der Waals surface area contributed by atoms with Crippen LogP contribution in [0.3, 0.4) is 0 Å². The molecule has 1 N–H and O–H groups in total. The number of imidazole rings is 1. The zero-order chi connectivity index (χ0) is 22.2. The van der Waals surface area contributed by atoms with Crippen molar-refractivity contribution in [2.24, 2.45) is 0 Å². The van der Waals surface area contributed by atoms with Crippen LogP contribution in [-0.2, 0) is 0 Å². The molecule has 0 aliphatic carbocycles. The number of aromatic amines is 1. The predicted octanol–water partition coefficient (Wildman–Crippen LogP) is 3.44. The molecular weight excluding hydrogens is 434 g/mol. The molecule has 0 atom stereocenters. The molecule has 5 heterocycles. The van der Waals surface area contributed by atoms with Crippen LogP contribution >= 0.6 is 11.3 Å². The normalized spacial score (nSPS) is 14.0. The summed E-state index contributed by atoms with van der Waals surface area (Å²) in [6, 6.07) is 15.6. The smallest absolute Gasteiger partial charge is 0.214 e. The van der Waals surface area contributed by atoms with Crippen molar-refractivity contribution in [3.8, 4) is 28.6 Å². The van der Waals surface area contributed by atoms with Crippen molar-refractivity contribution < 1.29 is 0 Å². The standard InChI is InChI=1S/C23H19N9S/c24-13-16-3-5-17(6-4-16)19-12-21(28-27-19)30-8-10-31(11-9-30)23-29-32-15-20(26-22(32)33-23)18-2-1-7-25-14-18/h1-7,12,14-15H,8-11H2,(H,27,28). The van der Waals surface area contributed by atoms with E-state index in [1.54, 1.807) is 17.5 Å². The molecule has 1 saturated heterocycles. The van der Waals surface area contributed by atoms with Gasteiger partial charge in [0, 0.05) is 50.2 Å². The number of nitrogens with zero attached hydrogens (tertiary/aromatic N) is 8. The topological polar surface area (TPSA) is 102 Å². The minimum atomic E-state index is 0.650. The van der Waals surface area contributed by atoms with Gasteiger partial charge in [-0.1, -0.05) is 23.5 Å². The summed E-state index contributed by atoms with van der Waals surface area (Å²) >= 11 is 1.60. The number of benzene rings is 1. The number of aromatic nitrogens is 6. The first-order valence-corrected chi connectivity index (χ1v) is 11.4. The summed E-state index contributed by atoms with van der Waals surface area (Å²) in [5.41, 5.74) is 4.49. The molecule has 1 fully saturated rings. The van der Waals surface area contributed by atoms with Gasteiger partial charge in [-0.05, 0) is 29.8 Å². The number of pyridine rings is 1. The maximum Gasteiger partial charge on any atom is 0.214 e. The summed E-state index contributed by atoms with van der Waals surface area (Å²) in [4.78, 5) is 14.3. The van der Waals surface area contributed by atoms with Crippen molar-refractivity contribution in [3.05, 3.63) is 66.6 Å². The molecule has 33 heavy (non-hydrogen) atoms. The molecule has 5 aromatic rings. The van der Waals surface area contributed by atoms with E-state index in [-0.39, 0.29) is 0 Å². The lowest BCUT2D eigenvalue weighted by Gasteiger charge is -2.34. The SMILES string of the molecule is N#Cc1ccc(-c2cc(N3CCN(c4nn5cc(-c6cccnc6)nc5s4)CC3)n[nH]2)cc1. The number of anilines is 2. The van der Waals surface area contributed by atoms with Gasteiger partial charge < -0.3 is 9.80 Å². The average Bonchev–Trinajstić information content (AvgIpc) is 3.60. The third kappa shape index (κ3) is 3.68. The van der Waals surface area contributed by atoms with E-state index >= 15 is 0 Å². The van der Waals surface area contributed by atoms with Gasteiger partial charge >= 0.3 is 0 Å². The van der Waals surface area contributed by atoms with E-state index in [0.717, 1.165) is 64.6 Å². The van der Waals surface area contributed by atoms with E-state index < -0.39 is 0 Å². The fourth-order valence-corrected chi connectivity index (χ4v) is 4.88. The van der Waals surface area contributed by atoms with Crippen LogP contribution in [0.5, 0.6) is 0 Å². The second kappa shape index (κ2) is 8.03. The van der Waals surface area contributed by atoms with Gasteiger partial charge in [0.1, 0.15) is 0 Å². The second-order valence-corrected chi connectivity index (χ2v) is 8.72. The number of nitriles is 1. The monoisotopic (exact) mass is 453 g/mol. The first-order chi connectivity index (χ1) is 16.3. The van der Waals surface area contributed by atoms with E-state index in [2.05, 4.69) is 37.1 Å². The lowest BCUT2D eigenvalue weighted by Crippen LogP contribution is -2.46. The Balaban J connectivity index is 1.13. The van der Waals surface area contributed by atoms with Gasteiger partial charge in [0.2, 0.25) is 10.1 Å². The van der Waals surface area contributed by atoms with Crippen molar-refractivity contribution in [3.63, 3.8) is 0 Å². The van der Waals surface area contributed by atoms with Gasteiger partial charge in [0.15, 0.2) is 5.82 Å². The van der Waals surface area contributed by atoms with Crippen molar-refractivity contribution in [1.82, 2.24) is 29.8 Å². The second-order valence-electron chi connectivity index (χ2n) is 7.78. The lowest BCUT2D eigenvalue weighted by atomic mass is 10.1. The number of piperazine rings is 1. The molecule has 0 saturated carbocycles. The Bertz CT molecular complexity index is 1400. The molecule has 162 valence electrons. The summed E-state index contributed by atoms with van der Waals surface area (Å²) in [7, 11) is 0. The highest BCUT2D eigenvalue weighted by Gasteiger charge is 2.22. The van der Waals surface area contributed by atoms with Crippen molar-refractivity contribution in [2.45, 2.75) is 0 Å². The molecule has 1 aliphatic rings. The largest absolute Gasteiger partial charge is 0.352 e. The van der Waals surface area contributed by atoms with Gasteiger partial charge in [-0.2, -0.15) is 10.4 Å². The molecule has 0 amide bonds. The number of hydrogen-bond acceptors (Lipinski definition) is 8. The van der Waals surface area contributed by atoms with Crippen LogP contribution in [0.2, 0.25) is 0 Å². The van der Waals surface area contributed by atoms with Crippen molar-refractivity contribution >= 4 is 27.2 Å². The third-order valence-corrected chi connectivity index (χ3v) is 6.74. The molecule has 0 radical (unpaired) electrons. The van der Waals surface area contributed by atoms with E-state index in [4.69, 9.17) is 15.3 Å². The molecule has 9 nitrogen and oxygen atoms in total. The lowest BCUT2D eigenvalue weighted by molar-refractivity contribution is 0.641. The van der Waals surface area contributed by atoms with Gasteiger partial charge in [0.05, 0.1) is 29.2 Å². The fourth-order valence-electron chi connectivity index (χ4n) is 3.94. The van der Waals surface area contributed by atoms with Crippen LogP contribution in [0.1, 0.15) is 5.56 Å². The first-order valence-electron chi connectivity index (χ1n) is 10.6. The quantitative estimate of drug-likeness (QED) is 0.445. The molecule has 1 aliphatic heterocycles. The maximum absolute atomic E-state index is 8.97. The molecule has 0 spiro atoms. The highest BCUT2D eigenvalue weighted by Crippen LogP contribution is 2.28. The van der Waals surface area contributed by atoms with Crippen LogP contribution in [0.25, 0.3) is 27.5 Å². The van der Waals surface area contributed by atoms with Gasteiger partial charge in [-0.25, -0.2) is 9.50 Å². The van der Waals surface area contributed by atoms with Crippen molar-refractivity contribution in [1.29, 1.82) is 5.26 Å². The molecular formula is C23H19N9S. The van der Waals surface area contributed by atoms with Gasteiger partial charge in [-0.3, -0.25) is 10.1 Å². The first kappa shape index (κ1) is 19.5. The highest BCUT2D eigenvalue weighted by atomic mass is 32.1. The van der Waals surface area contributed by atoms with E-state index in [1.807, 2.05) is 53.3 Å². The van der Waals surface area contributed by atoms with E-state index in [9.17, 15) is 0 Å². The molecule has 4 aromatic heterocycles. The Labute approximate surface area is 193 Å². The summed E-state index contributed by atoms with van der Waals surface area (Å²) < 4.78 is 1.85. The Hall–Kier alpha value is -4.23. The number of H-pyrrole nitrogens is 1. The molecule has 1 aromatic carbocycles. The summed E-state index contributed by atoms with van der Waals surface area (Å²) in [5.74, 6) is 0.934. The minimum Gasteiger partial charge on any atom is -0.352 e. The number of rotatable bonds is 4. The van der Waals surface area contributed by atoms with Crippen LogP contribution in [0, 0.1) is 11.3 Å². The zero-order valence-corrected chi connectivity index (χ0v) is 18.4. The van der Waals surface area contributed by atoms with Gasteiger partial charge in [0.25, 0.3) is 0 Å². The third-order valence-electron chi connectivity index (χ3n) is 5.75. The predicted molar refractivity (Wildman–Crippen MR) is 127 cm³/mol. The van der Waals surface area contributed by atoms with Crippen LogP contribution in [0.15, 0.2) is 61.1 Å². The molecule has 0 bridgehead atoms. The number of nitrogens with one attached hydrogen (secondary N) is 1. The Morgan fingerprint density at radius 3 is 2.55 bits per heavy atom. The van der Waals surface area contributed by atoms with E-state index in [1.165, 1.54) is 0 Å². The highest BCUT2D eigenvalue weighted by molar-refractivity contribution is 7.20. The zero-order valence-electron chi connectivity index (χ0n) is 17.6. The minimum absolute atomic E-state index is 0.650. The average molecular weight is 454 g/mol. The fraction of sp³-hybridized carbons (Fsp3) is 0.174. The van der Waals surface area contributed by atoms with Crippen LogP contribution in [0.4, 0.5) is 10.9 Å². The Kier molecular flexibility index (Phi) is 4.74. The van der Waals surface area contributed by atoms with Crippen LogP contribution in [-0.4, -0.2) is 56.0 Å². The molecule has 0 unspecified atom stereocenters. The Morgan fingerprint density at radius 1 is 1.00 bits per heavy atom. The number of fused-ring (bicyclic) bond motifs is 1. The summed E-state index contributed by atoms with van der Waals surface area (Å²) in [6.07, 6.45) is 5.53. The number of hydrogen-bond donors (Lipinski definition) is 1. The summed E-state index contributed by atoms with van der Waals surface area (Å²) in [5, 5.41) is 22.3. The van der Waals surface area contributed by atoms with E-state index in [0.29, 0.717) is 5.56 Å². The van der Waals surface area contributed by atoms with Gasteiger partial charge in [-0.15, -0.1) is 5.10 Å².